The number of pyridine rings is 1. The molecule has 0 saturated heterocycles. The number of carboxylic acids is 1. The molecule has 2 N–H and O–H groups in total. The van der Waals surface area contributed by atoms with Crippen LogP contribution in [0.1, 0.15) is 46.3 Å². The smallest absolute Gasteiger partial charge is 0.308 e. The molecule has 3 aromatic rings. The van der Waals surface area contributed by atoms with Crippen molar-refractivity contribution in [3.05, 3.63) is 82.7 Å². The average molecular weight is 447 g/mol. The Labute approximate surface area is 191 Å². The quantitative estimate of drug-likeness (QED) is 0.570. The number of carbonyl (C=O) groups is 1. The van der Waals surface area contributed by atoms with E-state index < -0.39 is 23.7 Å². The molecule has 0 spiro atoms. The van der Waals surface area contributed by atoms with E-state index in [0.717, 1.165) is 28.1 Å². The number of benzene rings is 2. The standard InChI is InChI=1S/C26H25NO6/c1-31-18-8-4-15(5-9-18)23-24(26(29)30)22(16-6-11-20-21(13-16)33-14-32-20)19-10-7-17(3-2-12-28)27-25(19)23/h4-11,13,22-24,28H,2-3,12,14H2,1H3,(H,29,30)/t22-,23-,24+/m0/s1. The van der Waals surface area contributed by atoms with Crippen molar-refractivity contribution in [2.24, 2.45) is 5.92 Å². The van der Waals surface area contributed by atoms with Gasteiger partial charge in [0, 0.05) is 24.1 Å². The number of rotatable bonds is 7. The zero-order valence-corrected chi connectivity index (χ0v) is 18.2. The first-order chi connectivity index (χ1) is 16.1. The lowest BCUT2D eigenvalue weighted by Gasteiger charge is -2.22. The summed E-state index contributed by atoms with van der Waals surface area (Å²) < 4.78 is 16.3. The summed E-state index contributed by atoms with van der Waals surface area (Å²) >= 11 is 0. The van der Waals surface area contributed by atoms with Crippen molar-refractivity contribution in [2.75, 3.05) is 20.5 Å². The molecule has 0 radical (unpaired) electrons. The van der Waals surface area contributed by atoms with Gasteiger partial charge in [-0.3, -0.25) is 9.78 Å². The Morgan fingerprint density at radius 2 is 1.79 bits per heavy atom. The zero-order valence-electron chi connectivity index (χ0n) is 18.2. The van der Waals surface area contributed by atoms with Crippen molar-refractivity contribution in [3.8, 4) is 17.2 Å². The summed E-state index contributed by atoms with van der Waals surface area (Å²) in [7, 11) is 1.60. The predicted octanol–water partition coefficient (Wildman–Crippen LogP) is 3.72. The Hall–Kier alpha value is -3.58. The summed E-state index contributed by atoms with van der Waals surface area (Å²) in [6.45, 7) is 0.241. The number of nitrogens with zero attached hydrogens (tertiary/aromatic N) is 1. The normalized spacial score (nSPS) is 20.5. The highest BCUT2D eigenvalue weighted by Crippen LogP contribution is 2.53. The maximum atomic E-state index is 12.7. The lowest BCUT2D eigenvalue weighted by atomic mass is 9.80. The third-order valence-corrected chi connectivity index (χ3v) is 6.47. The summed E-state index contributed by atoms with van der Waals surface area (Å²) in [5.41, 5.74) is 4.24. The second-order valence-electron chi connectivity index (χ2n) is 8.31. The molecule has 1 aliphatic heterocycles. The minimum atomic E-state index is -0.881. The van der Waals surface area contributed by atoms with Crippen molar-refractivity contribution in [1.82, 2.24) is 4.98 Å². The highest BCUT2D eigenvalue weighted by molar-refractivity contribution is 5.77. The highest BCUT2D eigenvalue weighted by atomic mass is 16.7. The van der Waals surface area contributed by atoms with Gasteiger partial charge in [0.2, 0.25) is 6.79 Å². The first-order valence-corrected chi connectivity index (χ1v) is 11.0. The fourth-order valence-corrected chi connectivity index (χ4v) is 4.95. The van der Waals surface area contributed by atoms with Crippen molar-refractivity contribution in [1.29, 1.82) is 0 Å². The summed E-state index contributed by atoms with van der Waals surface area (Å²) in [4.78, 5) is 17.6. The molecular weight excluding hydrogens is 422 g/mol. The van der Waals surface area contributed by atoms with Crippen LogP contribution in [0.2, 0.25) is 0 Å². The van der Waals surface area contributed by atoms with Crippen LogP contribution in [0.5, 0.6) is 17.2 Å². The van der Waals surface area contributed by atoms with Gasteiger partial charge in [-0.25, -0.2) is 0 Å². The molecule has 1 aromatic heterocycles. The van der Waals surface area contributed by atoms with Crippen molar-refractivity contribution in [2.45, 2.75) is 24.7 Å². The molecule has 5 rings (SSSR count). The average Bonchev–Trinajstić information content (AvgIpc) is 3.44. The molecule has 2 heterocycles. The number of hydrogen-bond acceptors (Lipinski definition) is 6. The van der Waals surface area contributed by atoms with Gasteiger partial charge in [0.15, 0.2) is 11.5 Å². The van der Waals surface area contributed by atoms with Crippen LogP contribution in [-0.4, -0.2) is 41.7 Å². The van der Waals surface area contributed by atoms with Crippen LogP contribution in [0.3, 0.4) is 0 Å². The number of aliphatic hydroxyl groups is 1. The number of aryl methyl sites for hydroxylation is 1. The number of hydrogen-bond donors (Lipinski definition) is 2. The maximum absolute atomic E-state index is 12.7. The first-order valence-electron chi connectivity index (χ1n) is 11.0. The summed E-state index contributed by atoms with van der Waals surface area (Å²) in [5, 5.41) is 19.7. The van der Waals surface area contributed by atoms with E-state index >= 15 is 0 Å². The summed E-state index contributed by atoms with van der Waals surface area (Å²) in [6.07, 6.45) is 1.23. The third kappa shape index (κ3) is 3.78. The van der Waals surface area contributed by atoms with Gasteiger partial charge >= 0.3 is 5.97 Å². The molecule has 0 unspecified atom stereocenters. The fraction of sp³-hybridized carbons (Fsp3) is 0.308. The number of aliphatic carboxylic acids is 1. The monoisotopic (exact) mass is 447 g/mol. The van der Waals surface area contributed by atoms with Crippen molar-refractivity contribution >= 4 is 5.97 Å². The Kier molecular flexibility index (Phi) is 5.64. The number of ether oxygens (including phenoxy) is 3. The van der Waals surface area contributed by atoms with E-state index in [-0.39, 0.29) is 13.4 Å². The lowest BCUT2D eigenvalue weighted by molar-refractivity contribution is -0.142. The van der Waals surface area contributed by atoms with Gasteiger partial charge in [0.1, 0.15) is 5.75 Å². The van der Waals surface area contributed by atoms with E-state index in [1.165, 1.54) is 0 Å². The minimum absolute atomic E-state index is 0.0816. The topological polar surface area (TPSA) is 98.1 Å². The molecule has 1 aliphatic carbocycles. The number of aliphatic hydroxyl groups excluding tert-OH is 1. The van der Waals surface area contributed by atoms with Crippen LogP contribution in [0.4, 0.5) is 0 Å². The molecule has 0 amide bonds. The van der Waals surface area contributed by atoms with E-state index in [0.29, 0.717) is 30.1 Å². The molecule has 3 atom stereocenters. The lowest BCUT2D eigenvalue weighted by Crippen LogP contribution is -2.24. The van der Waals surface area contributed by atoms with Gasteiger partial charge in [0.05, 0.1) is 18.7 Å². The van der Waals surface area contributed by atoms with Crippen LogP contribution in [0.15, 0.2) is 54.6 Å². The van der Waals surface area contributed by atoms with E-state index in [4.69, 9.17) is 19.2 Å². The third-order valence-electron chi connectivity index (χ3n) is 6.47. The van der Waals surface area contributed by atoms with E-state index in [1.807, 2.05) is 54.6 Å². The Morgan fingerprint density at radius 1 is 1.03 bits per heavy atom. The van der Waals surface area contributed by atoms with E-state index in [9.17, 15) is 15.0 Å². The van der Waals surface area contributed by atoms with Crippen LogP contribution < -0.4 is 14.2 Å². The second-order valence-corrected chi connectivity index (χ2v) is 8.31. The number of methoxy groups -OCH3 is 1. The molecule has 0 saturated carbocycles. The summed E-state index contributed by atoms with van der Waals surface area (Å²) in [5.74, 6) is -0.443. The molecule has 7 nitrogen and oxygen atoms in total. The molecule has 33 heavy (non-hydrogen) atoms. The van der Waals surface area contributed by atoms with E-state index in [2.05, 4.69) is 0 Å². The number of fused-ring (bicyclic) bond motifs is 2. The predicted molar refractivity (Wildman–Crippen MR) is 120 cm³/mol. The highest BCUT2D eigenvalue weighted by Gasteiger charge is 2.48. The molecule has 7 heteroatoms. The van der Waals surface area contributed by atoms with Gasteiger partial charge in [-0.2, -0.15) is 0 Å². The minimum Gasteiger partial charge on any atom is -0.497 e. The SMILES string of the molecule is COc1ccc([C@@H]2c3nc(CCCO)ccc3[C@H](c3ccc4c(c3)OCO4)[C@H]2C(=O)O)cc1. The van der Waals surface area contributed by atoms with Gasteiger partial charge in [-0.05, 0) is 59.9 Å². The van der Waals surface area contributed by atoms with Gasteiger partial charge in [-0.15, -0.1) is 0 Å². The van der Waals surface area contributed by atoms with Crippen molar-refractivity contribution < 1.29 is 29.2 Å². The zero-order chi connectivity index (χ0) is 22.9. The Bertz CT molecular complexity index is 1180. The van der Waals surface area contributed by atoms with E-state index in [1.54, 1.807) is 7.11 Å². The second kappa shape index (κ2) is 8.75. The molecular formula is C26H25NO6. The van der Waals surface area contributed by atoms with Crippen LogP contribution >= 0.6 is 0 Å². The van der Waals surface area contributed by atoms with Gasteiger partial charge < -0.3 is 24.4 Å². The van der Waals surface area contributed by atoms with Crippen LogP contribution in [-0.2, 0) is 11.2 Å². The fourth-order valence-electron chi connectivity index (χ4n) is 4.95. The molecule has 2 aliphatic rings. The van der Waals surface area contributed by atoms with Crippen molar-refractivity contribution in [3.63, 3.8) is 0 Å². The largest absolute Gasteiger partial charge is 0.497 e. The molecule has 2 aromatic carbocycles. The number of carboxylic acid groups (broad SMARTS) is 1. The first kappa shape index (κ1) is 21.3. The Balaban J connectivity index is 1.66. The van der Waals surface area contributed by atoms with Crippen LogP contribution in [0, 0.1) is 5.92 Å². The van der Waals surface area contributed by atoms with Gasteiger partial charge in [0.25, 0.3) is 0 Å². The maximum Gasteiger partial charge on any atom is 0.308 e. The molecule has 0 bridgehead atoms. The summed E-state index contributed by atoms with van der Waals surface area (Å²) in [6, 6.07) is 17.1. The molecule has 0 fully saturated rings. The molecule has 170 valence electrons. The van der Waals surface area contributed by atoms with Crippen LogP contribution in [0.25, 0.3) is 0 Å². The Morgan fingerprint density at radius 3 is 2.52 bits per heavy atom. The van der Waals surface area contributed by atoms with Gasteiger partial charge in [-0.1, -0.05) is 24.3 Å². The number of aromatic nitrogens is 1.